The van der Waals surface area contributed by atoms with Gasteiger partial charge in [-0.3, -0.25) is 9.11 Å². The van der Waals surface area contributed by atoms with E-state index in [0.717, 1.165) is 6.07 Å². The summed E-state index contributed by atoms with van der Waals surface area (Å²) in [5.74, 6) is 0. The van der Waals surface area contributed by atoms with Gasteiger partial charge in [-0.15, -0.1) is 0 Å². The zero-order valence-electron chi connectivity index (χ0n) is 8.78. The summed E-state index contributed by atoms with van der Waals surface area (Å²) in [5, 5.41) is 2.67. The summed E-state index contributed by atoms with van der Waals surface area (Å²) in [5.41, 5.74) is 0.197. The van der Waals surface area contributed by atoms with Crippen molar-refractivity contribution in [2.24, 2.45) is 0 Å². The highest BCUT2D eigenvalue weighted by Crippen LogP contribution is 2.20. The largest absolute Gasteiger partial charge is 0.316 e. The third kappa shape index (κ3) is 3.48. The zero-order valence-corrected chi connectivity index (χ0v) is 10.4. The van der Waals surface area contributed by atoms with Crippen LogP contribution in [0.5, 0.6) is 0 Å². The molecule has 0 radical (unpaired) electrons. The monoisotopic (exact) mass is 281 g/mol. The number of nitrogens with one attached hydrogen (secondary N) is 1. The number of rotatable bonds is 4. The fourth-order valence-corrected chi connectivity index (χ4v) is 2.60. The predicted octanol–water partition coefficient (Wildman–Crippen LogP) is -0.101. The first-order valence-electron chi connectivity index (χ1n) is 4.39. The van der Waals surface area contributed by atoms with Crippen LogP contribution in [0.15, 0.2) is 28.0 Å². The fraction of sp³-hybridized carbons (Fsp3) is 0.250. The summed E-state index contributed by atoms with van der Waals surface area (Å²) in [7, 11) is -7.51. The molecule has 0 aromatic heterocycles. The van der Waals surface area contributed by atoms with Crippen molar-refractivity contribution in [2.75, 3.05) is 7.05 Å². The summed E-state index contributed by atoms with van der Waals surface area (Å²) >= 11 is 0. The quantitative estimate of drug-likeness (QED) is 0.659. The highest BCUT2D eigenvalue weighted by molar-refractivity contribution is 7.86. The van der Waals surface area contributed by atoms with Gasteiger partial charge < -0.3 is 5.32 Å². The number of hydrogen-bond acceptors (Lipinski definition) is 5. The maximum atomic E-state index is 11.1. The Hall–Kier alpha value is -1.00. The molecule has 0 atom stereocenters. The Morgan fingerprint density at radius 2 is 1.71 bits per heavy atom. The maximum Gasteiger partial charge on any atom is 0.294 e. The average molecular weight is 281 g/mol. The normalized spacial score (nSPS) is 12.6. The van der Waals surface area contributed by atoms with E-state index in [1.54, 1.807) is 7.05 Å². The summed E-state index contributed by atoms with van der Waals surface area (Å²) in [6.45, 7) is 0.126. The smallest absolute Gasteiger partial charge is 0.294 e. The van der Waals surface area contributed by atoms with Crippen LogP contribution in [-0.4, -0.2) is 33.0 Å². The van der Waals surface area contributed by atoms with Crippen molar-refractivity contribution in [1.82, 2.24) is 5.32 Å². The van der Waals surface area contributed by atoms with E-state index in [4.69, 9.17) is 9.11 Å². The molecule has 96 valence electrons. The standard InChI is InChI=1S/C8H11NO6S2/c1-9-5-6-2-3-7(16(10,11)12)4-8(6)17(13,14)15/h2-4,9H,5H2,1H3,(H,10,11,12)(H,13,14,15). The Morgan fingerprint density at radius 3 is 2.12 bits per heavy atom. The van der Waals surface area contributed by atoms with Gasteiger partial charge in [0.25, 0.3) is 20.2 Å². The van der Waals surface area contributed by atoms with Crippen molar-refractivity contribution in [1.29, 1.82) is 0 Å². The van der Waals surface area contributed by atoms with Crippen LogP contribution >= 0.6 is 0 Å². The molecule has 0 fully saturated rings. The lowest BCUT2D eigenvalue weighted by Crippen LogP contribution is -2.12. The molecule has 7 nitrogen and oxygen atoms in total. The molecule has 0 aliphatic carbocycles. The van der Waals surface area contributed by atoms with Crippen LogP contribution in [0.4, 0.5) is 0 Å². The van der Waals surface area contributed by atoms with Crippen LogP contribution in [0.1, 0.15) is 5.56 Å². The highest BCUT2D eigenvalue weighted by atomic mass is 32.2. The minimum atomic E-state index is -4.55. The second kappa shape index (κ2) is 4.70. The molecule has 0 aliphatic heterocycles. The first-order chi connectivity index (χ1) is 7.66. The minimum absolute atomic E-state index is 0.126. The minimum Gasteiger partial charge on any atom is -0.316 e. The lowest BCUT2D eigenvalue weighted by Gasteiger charge is -2.07. The van der Waals surface area contributed by atoms with Gasteiger partial charge in [-0.2, -0.15) is 16.8 Å². The molecule has 9 heteroatoms. The van der Waals surface area contributed by atoms with Gasteiger partial charge in [0.2, 0.25) is 0 Å². The topological polar surface area (TPSA) is 121 Å². The third-order valence-electron chi connectivity index (χ3n) is 1.98. The molecule has 1 aromatic rings. The van der Waals surface area contributed by atoms with Crippen LogP contribution in [0.3, 0.4) is 0 Å². The molecular formula is C8H11NO6S2. The summed E-state index contributed by atoms with van der Waals surface area (Å²) in [6, 6.07) is 2.96. The fourth-order valence-electron chi connectivity index (χ4n) is 1.27. The molecular weight excluding hydrogens is 270 g/mol. The van der Waals surface area contributed by atoms with Crippen molar-refractivity contribution in [3.63, 3.8) is 0 Å². The lowest BCUT2D eigenvalue weighted by atomic mass is 10.2. The molecule has 1 aromatic carbocycles. The van der Waals surface area contributed by atoms with Gasteiger partial charge >= 0.3 is 0 Å². The van der Waals surface area contributed by atoms with Crippen LogP contribution in [0, 0.1) is 0 Å². The molecule has 0 saturated heterocycles. The van der Waals surface area contributed by atoms with Gasteiger partial charge in [0, 0.05) is 6.54 Å². The van der Waals surface area contributed by atoms with Crippen molar-refractivity contribution in [2.45, 2.75) is 16.3 Å². The molecule has 3 N–H and O–H groups in total. The van der Waals surface area contributed by atoms with Gasteiger partial charge in [-0.1, -0.05) is 6.07 Å². The second-order valence-electron chi connectivity index (χ2n) is 3.25. The highest BCUT2D eigenvalue weighted by Gasteiger charge is 2.19. The summed E-state index contributed by atoms with van der Waals surface area (Å²) in [4.78, 5) is -1.15. The van der Waals surface area contributed by atoms with Crippen molar-refractivity contribution < 1.29 is 25.9 Å². The number of hydrogen-bond donors (Lipinski definition) is 3. The van der Waals surface area contributed by atoms with Gasteiger partial charge in [-0.05, 0) is 24.7 Å². The van der Waals surface area contributed by atoms with Crippen LogP contribution < -0.4 is 5.32 Å². The van der Waals surface area contributed by atoms with E-state index in [-0.39, 0.29) is 12.1 Å². The van der Waals surface area contributed by atoms with Crippen LogP contribution in [-0.2, 0) is 26.8 Å². The van der Waals surface area contributed by atoms with Crippen LogP contribution in [0.2, 0.25) is 0 Å². The molecule has 0 spiro atoms. The van der Waals surface area contributed by atoms with Crippen molar-refractivity contribution >= 4 is 20.2 Å². The average Bonchev–Trinajstić information content (AvgIpc) is 2.15. The van der Waals surface area contributed by atoms with Gasteiger partial charge in [0.15, 0.2) is 0 Å². The molecule has 17 heavy (non-hydrogen) atoms. The molecule has 0 bridgehead atoms. The van der Waals surface area contributed by atoms with Crippen molar-refractivity contribution in [3.05, 3.63) is 23.8 Å². The number of benzene rings is 1. The van der Waals surface area contributed by atoms with Crippen molar-refractivity contribution in [3.8, 4) is 0 Å². The molecule has 0 amide bonds. The van der Waals surface area contributed by atoms with E-state index in [0.29, 0.717) is 6.07 Å². The van der Waals surface area contributed by atoms with E-state index in [1.165, 1.54) is 6.07 Å². The molecule has 1 rings (SSSR count). The Balaban J connectivity index is 3.51. The molecule has 0 heterocycles. The Morgan fingerprint density at radius 1 is 1.12 bits per heavy atom. The lowest BCUT2D eigenvalue weighted by molar-refractivity contribution is 0.480. The molecule has 0 saturated carbocycles. The summed E-state index contributed by atoms with van der Waals surface area (Å²) < 4.78 is 61.5. The first-order valence-corrected chi connectivity index (χ1v) is 7.27. The Bertz CT molecular complexity index is 619. The van der Waals surface area contributed by atoms with Gasteiger partial charge in [-0.25, -0.2) is 0 Å². The Labute approximate surface area is 99.0 Å². The second-order valence-corrected chi connectivity index (χ2v) is 6.06. The van der Waals surface area contributed by atoms with E-state index < -0.39 is 30.0 Å². The van der Waals surface area contributed by atoms with Gasteiger partial charge in [0.1, 0.15) is 0 Å². The molecule has 0 aliphatic rings. The third-order valence-corrected chi connectivity index (χ3v) is 3.77. The van der Waals surface area contributed by atoms with E-state index >= 15 is 0 Å². The zero-order chi connectivity index (χ0) is 13.3. The van der Waals surface area contributed by atoms with E-state index in [2.05, 4.69) is 5.32 Å². The Kier molecular flexibility index (Phi) is 3.89. The first kappa shape index (κ1) is 14.1. The van der Waals surface area contributed by atoms with Crippen LogP contribution in [0.25, 0.3) is 0 Å². The predicted molar refractivity (Wildman–Crippen MR) is 58.8 cm³/mol. The van der Waals surface area contributed by atoms with Gasteiger partial charge in [0.05, 0.1) is 9.79 Å². The maximum absolute atomic E-state index is 11.1. The van der Waals surface area contributed by atoms with E-state index in [1.807, 2.05) is 0 Å². The van der Waals surface area contributed by atoms with E-state index in [9.17, 15) is 16.8 Å². The summed E-state index contributed by atoms with van der Waals surface area (Å²) in [6.07, 6.45) is 0. The SMILES string of the molecule is CNCc1ccc(S(=O)(=O)O)cc1S(=O)(=O)O. The molecule has 0 unspecified atom stereocenters.